The van der Waals surface area contributed by atoms with Gasteiger partial charge in [-0.25, -0.2) is 0 Å². The van der Waals surface area contributed by atoms with E-state index in [1.54, 1.807) is 0 Å². The molecule has 0 aliphatic carbocycles. The minimum atomic E-state index is -0.192. The number of aryl methyl sites for hydroxylation is 1. The number of rotatable bonds is 3. The number of furan rings is 1. The highest BCUT2D eigenvalue weighted by molar-refractivity contribution is 5.81. The standard InChI is InChI=1S/C19H28N2O3/c1-15-4-5-16(23-15)14-20-12-8-19(9-13-20)7-6-17(24-19)18(22)21-10-2-3-11-21/h4-5,17H,2-3,6-14H2,1H3/t17-/m1/s1. The monoisotopic (exact) mass is 332 g/mol. The summed E-state index contributed by atoms with van der Waals surface area (Å²) in [4.78, 5) is 17.0. The van der Waals surface area contributed by atoms with E-state index in [0.717, 1.165) is 82.8 Å². The highest BCUT2D eigenvalue weighted by atomic mass is 16.5. The minimum absolute atomic E-state index is 0.0599. The fourth-order valence-corrected chi connectivity index (χ4v) is 4.41. The Hall–Kier alpha value is -1.33. The maximum atomic E-state index is 12.6. The lowest BCUT2D eigenvalue weighted by molar-refractivity contribution is -0.150. The van der Waals surface area contributed by atoms with Crippen LogP contribution >= 0.6 is 0 Å². The number of hydrogen-bond donors (Lipinski definition) is 0. The van der Waals surface area contributed by atoms with Crippen molar-refractivity contribution in [2.75, 3.05) is 26.2 Å². The Morgan fingerprint density at radius 2 is 1.92 bits per heavy atom. The molecule has 3 fully saturated rings. The Morgan fingerprint density at radius 3 is 2.58 bits per heavy atom. The normalized spacial score (nSPS) is 27.2. The third-order valence-electron chi connectivity index (χ3n) is 5.89. The molecule has 4 heterocycles. The third kappa shape index (κ3) is 3.24. The Balaban J connectivity index is 1.29. The first-order valence-electron chi connectivity index (χ1n) is 9.38. The van der Waals surface area contributed by atoms with Crippen molar-refractivity contribution in [1.82, 2.24) is 9.80 Å². The van der Waals surface area contributed by atoms with Crippen LogP contribution in [0.1, 0.15) is 50.0 Å². The lowest BCUT2D eigenvalue weighted by Gasteiger charge is -2.39. The largest absolute Gasteiger partial charge is 0.465 e. The smallest absolute Gasteiger partial charge is 0.251 e. The molecule has 1 spiro atoms. The molecule has 0 N–H and O–H groups in total. The molecule has 3 saturated heterocycles. The van der Waals surface area contributed by atoms with Crippen LogP contribution in [0.25, 0.3) is 0 Å². The van der Waals surface area contributed by atoms with E-state index in [1.165, 1.54) is 0 Å². The van der Waals surface area contributed by atoms with E-state index in [4.69, 9.17) is 9.15 Å². The zero-order valence-corrected chi connectivity index (χ0v) is 14.6. The Kier molecular flexibility index (Phi) is 4.39. The number of carbonyl (C=O) groups is 1. The minimum Gasteiger partial charge on any atom is -0.465 e. The molecule has 0 saturated carbocycles. The molecule has 3 aliphatic rings. The SMILES string of the molecule is Cc1ccc(CN2CCC3(CC[C@H](C(=O)N4CCCC4)O3)CC2)o1. The molecule has 132 valence electrons. The number of hydrogen-bond acceptors (Lipinski definition) is 4. The maximum Gasteiger partial charge on any atom is 0.251 e. The molecule has 0 bridgehead atoms. The zero-order chi connectivity index (χ0) is 16.6. The van der Waals surface area contributed by atoms with Gasteiger partial charge in [0.05, 0.1) is 12.1 Å². The summed E-state index contributed by atoms with van der Waals surface area (Å²) in [6, 6.07) is 4.09. The lowest BCUT2D eigenvalue weighted by atomic mass is 9.88. The topological polar surface area (TPSA) is 45.9 Å². The summed E-state index contributed by atoms with van der Waals surface area (Å²) in [6.07, 6.45) is 6.07. The number of ether oxygens (including phenoxy) is 1. The Bertz CT molecular complexity index is 583. The molecular weight excluding hydrogens is 304 g/mol. The van der Waals surface area contributed by atoms with Crippen LogP contribution in [0.4, 0.5) is 0 Å². The first kappa shape index (κ1) is 16.2. The van der Waals surface area contributed by atoms with Crippen LogP contribution in [0.3, 0.4) is 0 Å². The van der Waals surface area contributed by atoms with Crippen LogP contribution in [0.2, 0.25) is 0 Å². The average molecular weight is 332 g/mol. The number of likely N-dealkylation sites (tertiary alicyclic amines) is 2. The van der Waals surface area contributed by atoms with Gasteiger partial charge in [0.15, 0.2) is 0 Å². The van der Waals surface area contributed by atoms with E-state index in [0.29, 0.717) is 0 Å². The van der Waals surface area contributed by atoms with Crippen LogP contribution in [0, 0.1) is 6.92 Å². The van der Waals surface area contributed by atoms with Crippen molar-refractivity contribution in [2.45, 2.75) is 63.7 Å². The van der Waals surface area contributed by atoms with Gasteiger partial charge in [-0.1, -0.05) is 0 Å². The first-order chi connectivity index (χ1) is 11.6. The van der Waals surface area contributed by atoms with E-state index in [2.05, 4.69) is 11.0 Å². The second kappa shape index (κ2) is 6.52. The van der Waals surface area contributed by atoms with Crippen LogP contribution in [-0.4, -0.2) is 53.6 Å². The van der Waals surface area contributed by atoms with Gasteiger partial charge in [0.2, 0.25) is 0 Å². The van der Waals surface area contributed by atoms with Gasteiger partial charge in [-0.15, -0.1) is 0 Å². The second-order valence-corrected chi connectivity index (χ2v) is 7.65. The fourth-order valence-electron chi connectivity index (χ4n) is 4.41. The average Bonchev–Trinajstić information content (AvgIpc) is 3.31. The van der Waals surface area contributed by atoms with Crippen molar-refractivity contribution < 1.29 is 13.9 Å². The molecule has 1 atom stereocenters. The zero-order valence-electron chi connectivity index (χ0n) is 14.6. The summed E-state index contributed by atoms with van der Waals surface area (Å²) < 4.78 is 12.0. The number of piperidine rings is 1. The summed E-state index contributed by atoms with van der Waals surface area (Å²) in [5, 5.41) is 0. The maximum absolute atomic E-state index is 12.6. The molecule has 5 nitrogen and oxygen atoms in total. The molecule has 1 aromatic heterocycles. The van der Waals surface area contributed by atoms with Crippen molar-refractivity contribution in [2.24, 2.45) is 0 Å². The summed E-state index contributed by atoms with van der Waals surface area (Å²) in [5.41, 5.74) is -0.0599. The molecule has 0 unspecified atom stereocenters. The number of amides is 1. The van der Waals surface area contributed by atoms with Gasteiger partial charge in [0, 0.05) is 26.2 Å². The van der Waals surface area contributed by atoms with Crippen LogP contribution in [0.15, 0.2) is 16.5 Å². The second-order valence-electron chi connectivity index (χ2n) is 7.65. The summed E-state index contributed by atoms with van der Waals surface area (Å²) in [5.74, 6) is 2.25. The highest BCUT2D eigenvalue weighted by Crippen LogP contribution is 2.40. The van der Waals surface area contributed by atoms with E-state index in [-0.39, 0.29) is 17.6 Å². The Morgan fingerprint density at radius 1 is 1.17 bits per heavy atom. The van der Waals surface area contributed by atoms with Crippen molar-refractivity contribution >= 4 is 5.91 Å². The molecule has 3 aliphatic heterocycles. The molecule has 1 aromatic rings. The Labute approximate surface area is 143 Å². The van der Waals surface area contributed by atoms with E-state index in [9.17, 15) is 4.79 Å². The van der Waals surface area contributed by atoms with Gasteiger partial charge in [-0.2, -0.15) is 0 Å². The predicted molar refractivity (Wildman–Crippen MR) is 90.6 cm³/mol. The van der Waals surface area contributed by atoms with Crippen LogP contribution < -0.4 is 0 Å². The van der Waals surface area contributed by atoms with Crippen molar-refractivity contribution in [3.05, 3.63) is 23.7 Å². The van der Waals surface area contributed by atoms with Gasteiger partial charge in [0.1, 0.15) is 17.6 Å². The van der Waals surface area contributed by atoms with E-state index < -0.39 is 0 Å². The summed E-state index contributed by atoms with van der Waals surface area (Å²) in [7, 11) is 0. The summed E-state index contributed by atoms with van der Waals surface area (Å²) in [6.45, 7) is 6.73. The third-order valence-corrected chi connectivity index (χ3v) is 5.89. The molecule has 4 rings (SSSR count). The fraction of sp³-hybridized carbons (Fsp3) is 0.737. The predicted octanol–water partition coefficient (Wildman–Crippen LogP) is 2.72. The van der Waals surface area contributed by atoms with Crippen LogP contribution in [0.5, 0.6) is 0 Å². The molecule has 24 heavy (non-hydrogen) atoms. The molecular formula is C19H28N2O3. The lowest BCUT2D eigenvalue weighted by Crippen LogP contribution is -2.45. The van der Waals surface area contributed by atoms with E-state index in [1.807, 2.05) is 17.9 Å². The van der Waals surface area contributed by atoms with Gasteiger partial charge in [-0.3, -0.25) is 9.69 Å². The van der Waals surface area contributed by atoms with Gasteiger partial charge < -0.3 is 14.1 Å². The van der Waals surface area contributed by atoms with Crippen LogP contribution in [-0.2, 0) is 16.1 Å². The van der Waals surface area contributed by atoms with Gasteiger partial charge in [-0.05, 0) is 57.6 Å². The van der Waals surface area contributed by atoms with Gasteiger partial charge >= 0.3 is 0 Å². The van der Waals surface area contributed by atoms with E-state index >= 15 is 0 Å². The number of nitrogens with zero attached hydrogens (tertiary/aromatic N) is 2. The van der Waals surface area contributed by atoms with Crippen molar-refractivity contribution in [3.8, 4) is 0 Å². The molecule has 1 amide bonds. The molecule has 5 heteroatoms. The quantitative estimate of drug-likeness (QED) is 0.854. The van der Waals surface area contributed by atoms with Crippen molar-refractivity contribution in [3.63, 3.8) is 0 Å². The van der Waals surface area contributed by atoms with Gasteiger partial charge in [0.25, 0.3) is 5.91 Å². The van der Waals surface area contributed by atoms with Crippen molar-refractivity contribution in [1.29, 1.82) is 0 Å². The molecule has 0 aromatic carbocycles. The summed E-state index contributed by atoms with van der Waals surface area (Å²) >= 11 is 0. The molecule has 0 radical (unpaired) electrons. The first-order valence-corrected chi connectivity index (χ1v) is 9.38. The highest BCUT2D eigenvalue weighted by Gasteiger charge is 2.45. The number of carbonyl (C=O) groups excluding carboxylic acids is 1.